The van der Waals surface area contributed by atoms with Crippen molar-refractivity contribution in [1.82, 2.24) is 0 Å². The minimum atomic E-state index is -0.141. The molecule has 0 aromatic rings. The van der Waals surface area contributed by atoms with Crippen molar-refractivity contribution in [3.63, 3.8) is 0 Å². The van der Waals surface area contributed by atoms with Crippen molar-refractivity contribution in [3.8, 4) is 0 Å². The van der Waals surface area contributed by atoms with E-state index in [9.17, 15) is 4.79 Å². The molecule has 0 aromatic heterocycles. The van der Waals surface area contributed by atoms with E-state index in [1.165, 1.54) is 26.4 Å². The summed E-state index contributed by atoms with van der Waals surface area (Å²) in [5, 5.41) is 0. The van der Waals surface area contributed by atoms with Gasteiger partial charge in [0.15, 0.2) is 0 Å². The van der Waals surface area contributed by atoms with Gasteiger partial charge in [0.2, 0.25) is 0 Å². The van der Waals surface area contributed by atoms with Gasteiger partial charge >= 0.3 is 5.97 Å². The molecule has 2 fully saturated rings. The van der Waals surface area contributed by atoms with Gasteiger partial charge in [-0.15, -0.1) is 0 Å². The van der Waals surface area contributed by atoms with Gasteiger partial charge in [0.1, 0.15) is 0 Å². The highest BCUT2D eigenvalue weighted by Crippen LogP contribution is 2.66. The Morgan fingerprint density at radius 2 is 2.06 bits per heavy atom. The Hall–Kier alpha value is -0.570. The molecule has 0 saturated heterocycles. The summed E-state index contributed by atoms with van der Waals surface area (Å²) in [6, 6.07) is 0. The van der Waals surface area contributed by atoms with Crippen molar-refractivity contribution in [2.45, 2.75) is 59.0 Å². The lowest BCUT2D eigenvalue weighted by Crippen LogP contribution is -2.37. The third-order valence-corrected chi connectivity index (χ3v) is 5.79. The van der Waals surface area contributed by atoms with Crippen LogP contribution in [-0.2, 0) is 14.3 Å². The summed E-state index contributed by atoms with van der Waals surface area (Å²) < 4.78 is 10.7. The quantitative estimate of drug-likeness (QED) is 0.558. The molecule has 2 saturated carbocycles. The van der Waals surface area contributed by atoms with Crippen molar-refractivity contribution in [3.05, 3.63) is 0 Å². The number of ether oxygens (including phenoxy) is 2. The van der Waals surface area contributed by atoms with Crippen molar-refractivity contribution in [2.75, 3.05) is 13.7 Å². The monoisotopic (exact) mass is 254 g/mol. The highest BCUT2D eigenvalue weighted by molar-refractivity contribution is 5.68. The Bertz CT molecular complexity index is 324. The van der Waals surface area contributed by atoms with E-state index < -0.39 is 0 Å². The first-order chi connectivity index (χ1) is 8.41. The molecule has 2 bridgehead atoms. The van der Waals surface area contributed by atoms with Gasteiger partial charge in [0.25, 0.3) is 0 Å². The summed E-state index contributed by atoms with van der Waals surface area (Å²) in [7, 11) is 1.43. The second-order valence-corrected chi connectivity index (χ2v) is 6.65. The van der Waals surface area contributed by atoms with E-state index in [1.807, 2.05) is 0 Å². The SMILES string of the molecule is COC(=O)CCCOC1CC2CCC1(C)C2(C)C. The Morgan fingerprint density at radius 1 is 1.33 bits per heavy atom. The van der Waals surface area contributed by atoms with Crippen LogP contribution in [0.2, 0.25) is 0 Å². The van der Waals surface area contributed by atoms with Gasteiger partial charge < -0.3 is 9.47 Å². The lowest BCUT2D eigenvalue weighted by Gasteiger charge is -2.38. The number of carbonyl (C=O) groups excluding carboxylic acids is 1. The number of methoxy groups -OCH3 is 1. The molecule has 104 valence electrons. The van der Waals surface area contributed by atoms with E-state index in [2.05, 4.69) is 25.5 Å². The number of fused-ring (bicyclic) bond motifs is 2. The zero-order chi connectivity index (χ0) is 13.4. The van der Waals surface area contributed by atoms with Crippen LogP contribution in [0.4, 0.5) is 0 Å². The maximum atomic E-state index is 11.0. The van der Waals surface area contributed by atoms with E-state index in [0.717, 1.165) is 12.3 Å². The summed E-state index contributed by atoms with van der Waals surface area (Å²) in [4.78, 5) is 11.0. The van der Waals surface area contributed by atoms with Gasteiger partial charge in [0, 0.05) is 13.0 Å². The molecule has 3 unspecified atom stereocenters. The maximum Gasteiger partial charge on any atom is 0.305 e. The summed E-state index contributed by atoms with van der Waals surface area (Å²) >= 11 is 0. The molecule has 3 atom stereocenters. The molecule has 0 aromatic carbocycles. The number of hydrogen-bond donors (Lipinski definition) is 0. The van der Waals surface area contributed by atoms with E-state index in [0.29, 0.717) is 30.0 Å². The fourth-order valence-electron chi connectivity index (χ4n) is 3.93. The predicted molar refractivity (Wildman–Crippen MR) is 70.2 cm³/mol. The average molecular weight is 254 g/mol. The molecule has 2 aliphatic rings. The van der Waals surface area contributed by atoms with Crippen LogP contribution in [-0.4, -0.2) is 25.8 Å². The van der Waals surface area contributed by atoms with Gasteiger partial charge in [-0.2, -0.15) is 0 Å². The third kappa shape index (κ3) is 2.07. The Labute approximate surface area is 110 Å². The summed E-state index contributed by atoms with van der Waals surface area (Å²) in [5.41, 5.74) is 0.725. The molecule has 2 rings (SSSR count). The Balaban J connectivity index is 1.80. The first-order valence-electron chi connectivity index (χ1n) is 7.10. The van der Waals surface area contributed by atoms with Crippen LogP contribution in [0.25, 0.3) is 0 Å². The molecule has 0 N–H and O–H groups in total. The van der Waals surface area contributed by atoms with Crippen LogP contribution in [0.15, 0.2) is 0 Å². The van der Waals surface area contributed by atoms with Crippen LogP contribution in [0, 0.1) is 16.7 Å². The van der Waals surface area contributed by atoms with Crippen molar-refractivity contribution >= 4 is 5.97 Å². The molecule has 0 amide bonds. The molecule has 0 aliphatic heterocycles. The van der Waals surface area contributed by atoms with E-state index >= 15 is 0 Å². The minimum absolute atomic E-state index is 0.141. The fourth-order valence-corrected chi connectivity index (χ4v) is 3.93. The molecule has 0 spiro atoms. The molecule has 3 heteroatoms. The topological polar surface area (TPSA) is 35.5 Å². The van der Waals surface area contributed by atoms with Crippen molar-refractivity contribution in [2.24, 2.45) is 16.7 Å². The van der Waals surface area contributed by atoms with Gasteiger partial charge in [0.05, 0.1) is 13.2 Å². The zero-order valence-corrected chi connectivity index (χ0v) is 12.1. The standard InChI is InChI=1S/C15H26O3/c1-14(2)11-7-8-15(14,3)12(10-11)18-9-5-6-13(16)17-4/h11-12H,5-10H2,1-4H3. The summed E-state index contributed by atoms with van der Waals surface area (Å²) in [6.45, 7) is 7.84. The molecular formula is C15H26O3. The van der Waals surface area contributed by atoms with Gasteiger partial charge in [-0.25, -0.2) is 0 Å². The summed E-state index contributed by atoms with van der Waals surface area (Å²) in [5.74, 6) is 0.672. The number of hydrogen-bond acceptors (Lipinski definition) is 3. The first kappa shape index (κ1) is 13.9. The molecule has 2 aliphatic carbocycles. The number of esters is 1. The normalized spacial score (nSPS) is 36.9. The second-order valence-electron chi connectivity index (χ2n) is 6.65. The van der Waals surface area contributed by atoms with E-state index in [4.69, 9.17) is 4.74 Å². The van der Waals surface area contributed by atoms with E-state index in [1.54, 1.807) is 0 Å². The largest absolute Gasteiger partial charge is 0.469 e. The smallest absolute Gasteiger partial charge is 0.305 e. The van der Waals surface area contributed by atoms with Crippen LogP contribution >= 0.6 is 0 Å². The van der Waals surface area contributed by atoms with E-state index in [-0.39, 0.29) is 5.97 Å². The average Bonchev–Trinajstić information content (AvgIpc) is 2.67. The molecule has 18 heavy (non-hydrogen) atoms. The van der Waals surface area contributed by atoms with Crippen molar-refractivity contribution in [1.29, 1.82) is 0 Å². The predicted octanol–water partition coefficient (Wildman–Crippen LogP) is 3.17. The van der Waals surface area contributed by atoms with Gasteiger partial charge in [-0.1, -0.05) is 20.8 Å². The number of rotatable bonds is 5. The highest BCUT2D eigenvalue weighted by Gasteiger charge is 2.61. The minimum Gasteiger partial charge on any atom is -0.469 e. The third-order valence-electron chi connectivity index (χ3n) is 5.79. The van der Waals surface area contributed by atoms with Crippen LogP contribution in [0.1, 0.15) is 52.9 Å². The first-order valence-corrected chi connectivity index (χ1v) is 7.10. The van der Waals surface area contributed by atoms with Gasteiger partial charge in [-0.3, -0.25) is 4.79 Å². The summed E-state index contributed by atoms with van der Waals surface area (Å²) in [6.07, 6.45) is 5.44. The molecule has 0 heterocycles. The lowest BCUT2D eigenvalue weighted by molar-refractivity contribution is -0.141. The fraction of sp³-hybridized carbons (Fsp3) is 0.933. The number of carbonyl (C=O) groups is 1. The molecular weight excluding hydrogens is 228 g/mol. The zero-order valence-electron chi connectivity index (χ0n) is 12.1. The second kappa shape index (κ2) is 4.84. The maximum absolute atomic E-state index is 11.0. The Kier molecular flexibility index (Phi) is 3.72. The van der Waals surface area contributed by atoms with Crippen LogP contribution in [0.3, 0.4) is 0 Å². The molecule has 0 radical (unpaired) electrons. The van der Waals surface area contributed by atoms with Crippen LogP contribution in [0.5, 0.6) is 0 Å². The van der Waals surface area contributed by atoms with Crippen molar-refractivity contribution < 1.29 is 14.3 Å². The Morgan fingerprint density at radius 3 is 2.56 bits per heavy atom. The lowest BCUT2D eigenvalue weighted by atomic mass is 9.70. The van der Waals surface area contributed by atoms with Gasteiger partial charge in [-0.05, 0) is 42.4 Å². The highest BCUT2D eigenvalue weighted by atomic mass is 16.5. The molecule has 3 nitrogen and oxygen atoms in total. The van der Waals surface area contributed by atoms with Crippen LogP contribution < -0.4 is 0 Å².